The largest absolute Gasteiger partial charge is 0.348 e. The van der Waals surface area contributed by atoms with Crippen molar-refractivity contribution >= 4 is 5.91 Å². The normalized spacial score (nSPS) is 21.1. The number of alkyl halides is 1. The second-order valence-corrected chi connectivity index (χ2v) is 3.99. The first-order valence-electron chi connectivity index (χ1n) is 3.85. The number of carbonyl (C=O) groups excluding carboxylic acids is 1. The molecule has 0 atom stereocenters. The molecular weight excluding hydrogens is 145 g/mol. The molecule has 1 fully saturated rings. The van der Waals surface area contributed by atoms with Crippen molar-refractivity contribution in [2.75, 3.05) is 0 Å². The Bertz CT molecular complexity index is 179. The summed E-state index contributed by atoms with van der Waals surface area (Å²) in [6, 6.07) is 0. The minimum atomic E-state index is -1.74. The molecule has 0 bridgehead atoms. The molecule has 0 aromatic carbocycles. The van der Waals surface area contributed by atoms with E-state index in [9.17, 15) is 9.18 Å². The van der Waals surface area contributed by atoms with Crippen LogP contribution in [0.25, 0.3) is 0 Å². The molecule has 1 aliphatic rings. The van der Waals surface area contributed by atoms with Crippen molar-refractivity contribution in [3.05, 3.63) is 0 Å². The Balaban J connectivity index is 2.44. The van der Waals surface area contributed by atoms with Crippen LogP contribution < -0.4 is 5.32 Å². The van der Waals surface area contributed by atoms with Crippen LogP contribution in [0.15, 0.2) is 0 Å². The highest BCUT2D eigenvalue weighted by molar-refractivity contribution is 5.85. The maximum absolute atomic E-state index is 12.9. The quantitative estimate of drug-likeness (QED) is 0.648. The highest BCUT2D eigenvalue weighted by Gasteiger charge is 2.41. The van der Waals surface area contributed by atoms with Crippen LogP contribution >= 0.6 is 0 Å². The zero-order chi connectivity index (χ0) is 8.70. The van der Waals surface area contributed by atoms with Gasteiger partial charge in [-0.25, -0.2) is 4.39 Å². The van der Waals surface area contributed by atoms with Gasteiger partial charge in [0.2, 0.25) is 0 Å². The molecule has 0 heterocycles. The Morgan fingerprint density at radius 3 is 2.27 bits per heavy atom. The van der Waals surface area contributed by atoms with Crippen LogP contribution in [0.5, 0.6) is 0 Å². The summed E-state index contributed by atoms with van der Waals surface area (Å²) in [5, 5.41) is 2.66. The van der Waals surface area contributed by atoms with Gasteiger partial charge in [0, 0.05) is 5.54 Å². The third-order valence-electron chi connectivity index (χ3n) is 1.96. The number of rotatable bonds is 2. The molecule has 0 spiro atoms. The molecule has 2 nitrogen and oxygen atoms in total. The lowest BCUT2D eigenvalue weighted by Crippen LogP contribution is -2.44. The number of nitrogens with one attached hydrogen (secondary N) is 1. The molecule has 64 valence electrons. The topological polar surface area (TPSA) is 29.1 Å². The Morgan fingerprint density at radius 2 is 2.00 bits per heavy atom. The SMILES string of the molecule is CC1(NC(=O)C(C)(C)F)CC1. The first kappa shape index (κ1) is 8.50. The molecule has 0 unspecified atom stereocenters. The van der Waals surface area contributed by atoms with Gasteiger partial charge in [0.1, 0.15) is 0 Å². The number of carbonyl (C=O) groups is 1. The van der Waals surface area contributed by atoms with Crippen LogP contribution in [-0.4, -0.2) is 17.1 Å². The molecule has 3 heteroatoms. The van der Waals surface area contributed by atoms with E-state index in [1.165, 1.54) is 13.8 Å². The van der Waals surface area contributed by atoms with Gasteiger partial charge in [-0.15, -0.1) is 0 Å². The minimum Gasteiger partial charge on any atom is -0.348 e. The number of halogens is 1. The smallest absolute Gasteiger partial charge is 0.257 e. The molecular formula is C8H14FNO. The van der Waals surface area contributed by atoms with Gasteiger partial charge in [0.15, 0.2) is 5.67 Å². The second kappa shape index (κ2) is 2.19. The maximum atomic E-state index is 12.9. The standard InChI is InChI=1S/C8H14FNO/c1-7(2,9)6(11)10-8(3)4-5-8/h4-5H2,1-3H3,(H,10,11). The summed E-state index contributed by atoms with van der Waals surface area (Å²) in [6.45, 7) is 4.47. The molecule has 0 aliphatic heterocycles. The van der Waals surface area contributed by atoms with Crippen LogP contribution in [0.4, 0.5) is 4.39 Å². The van der Waals surface area contributed by atoms with Crippen molar-refractivity contribution in [2.24, 2.45) is 0 Å². The fourth-order valence-corrected chi connectivity index (χ4v) is 0.735. The van der Waals surface area contributed by atoms with Crippen molar-refractivity contribution in [1.29, 1.82) is 0 Å². The zero-order valence-corrected chi connectivity index (χ0v) is 7.20. The molecule has 1 N–H and O–H groups in total. The van der Waals surface area contributed by atoms with E-state index in [0.29, 0.717) is 0 Å². The van der Waals surface area contributed by atoms with Gasteiger partial charge in [-0.3, -0.25) is 4.79 Å². The van der Waals surface area contributed by atoms with Crippen LogP contribution in [0.2, 0.25) is 0 Å². The van der Waals surface area contributed by atoms with Gasteiger partial charge >= 0.3 is 0 Å². The Hall–Kier alpha value is -0.600. The number of hydrogen-bond donors (Lipinski definition) is 1. The van der Waals surface area contributed by atoms with Gasteiger partial charge in [-0.2, -0.15) is 0 Å². The zero-order valence-electron chi connectivity index (χ0n) is 7.20. The van der Waals surface area contributed by atoms with Gasteiger partial charge in [-0.1, -0.05) is 0 Å². The molecule has 0 saturated heterocycles. The lowest BCUT2D eigenvalue weighted by atomic mass is 10.1. The predicted molar refractivity (Wildman–Crippen MR) is 41.0 cm³/mol. The van der Waals surface area contributed by atoms with E-state index in [1.807, 2.05) is 6.92 Å². The van der Waals surface area contributed by atoms with E-state index >= 15 is 0 Å². The predicted octanol–water partition coefficient (Wildman–Crippen LogP) is 1.40. The van der Waals surface area contributed by atoms with E-state index in [4.69, 9.17) is 0 Å². The molecule has 1 rings (SSSR count). The average Bonchev–Trinajstić information content (AvgIpc) is 2.45. The van der Waals surface area contributed by atoms with E-state index < -0.39 is 11.6 Å². The number of amides is 1. The molecule has 0 aromatic rings. The van der Waals surface area contributed by atoms with Crippen molar-refractivity contribution in [3.63, 3.8) is 0 Å². The van der Waals surface area contributed by atoms with Crippen LogP contribution in [-0.2, 0) is 4.79 Å². The van der Waals surface area contributed by atoms with Gasteiger partial charge in [0.05, 0.1) is 0 Å². The summed E-state index contributed by atoms with van der Waals surface area (Å²) >= 11 is 0. The summed E-state index contributed by atoms with van der Waals surface area (Å²) in [5.41, 5.74) is -1.86. The van der Waals surface area contributed by atoms with Crippen molar-refractivity contribution in [3.8, 4) is 0 Å². The van der Waals surface area contributed by atoms with Gasteiger partial charge in [-0.05, 0) is 33.6 Å². The second-order valence-electron chi connectivity index (χ2n) is 3.99. The van der Waals surface area contributed by atoms with Crippen molar-refractivity contribution < 1.29 is 9.18 Å². The summed E-state index contributed by atoms with van der Waals surface area (Å²) in [6.07, 6.45) is 1.93. The number of hydrogen-bond acceptors (Lipinski definition) is 1. The van der Waals surface area contributed by atoms with Crippen LogP contribution in [0, 0.1) is 0 Å². The van der Waals surface area contributed by atoms with Gasteiger partial charge < -0.3 is 5.32 Å². The Morgan fingerprint density at radius 1 is 1.55 bits per heavy atom. The maximum Gasteiger partial charge on any atom is 0.257 e. The van der Waals surface area contributed by atoms with E-state index in [2.05, 4.69) is 5.32 Å². The fourth-order valence-electron chi connectivity index (χ4n) is 0.735. The Labute approximate surface area is 66.2 Å². The lowest BCUT2D eigenvalue weighted by molar-refractivity contribution is -0.131. The molecule has 0 radical (unpaired) electrons. The van der Waals surface area contributed by atoms with E-state index in [0.717, 1.165) is 12.8 Å². The summed E-state index contributed by atoms with van der Waals surface area (Å²) in [4.78, 5) is 11.0. The average molecular weight is 159 g/mol. The third kappa shape index (κ3) is 2.17. The molecule has 0 aromatic heterocycles. The van der Waals surface area contributed by atoms with Crippen LogP contribution in [0.3, 0.4) is 0 Å². The summed E-state index contributed by atoms with van der Waals surface area (Å²) in [5.74, 6) is -0.502. The molecule has 1 saturated carbocycles. The third-order valence-corrected chi connectivity index (χ3v) is 1.96. The van der Waals surface area contributed by atoms with Crippen LogP contribution in [0.1, 0.15) is 33.6 Å². The first-order chi connectivity index (χ1) is 4.83. The minimum absolute atomic E-state index is 0.111. The van der Waals surface area contributed by atoms with Gasteiger partial charge in [0.25, 0.3) is 5.91 Å². The van der Waals surface area contributed by atoms with Crippen molar-refractivity contribution in [1.82, 2.24) is 5.32 Å². The molecule has 11 heavy (non-hydrogen) atoms. The highest BCUT2D eigenvalue weighted by atomic mass is 19.1. The Kier molecular flexibility index (Phi) is 1.69. The van der Waals surface area contributed by atoms with Crippen molar-refractivity contribution in [2.45, 2.75) is 44.8 Å². The summed E-state index contributed by atoms with van der Waals surface area (Å²) in [7, 11) is 0. The summed E-state index contributed by atoms with van der Waals surface area (Å²) < 4.78 is 12.9. The first-order valence-corrected chi connectivity index (χ1v) is 3.85. The molecule has 1 aliphatic carbocycles. The monoisotopic (exact) mass is 159 g/mol. The fraction of sp³-hybridized carbons (Fsp3) is 0.875. The molecule has 1 amide bonds. The van der Waals surface area contributed by atoms with E-state index in [1.54, 1.807) is 0 Å². The highest BCUT2D eigenvalue weighted by Crippen LogP contribution is 2.34. The lowest BCUT2D eigenvalue weighted by Gasteiger charge is -2.17. The van der Waals surface area contributed by atoms with E-state index in [-0.39, 0.29) is 5.54 Å².